The molecule has 6 saturated heterocycles. The first-order valence-corrected chi connectivity index (χ1v) is 43.3. The summed E-state index contributed by atoms with van der Waals surface area (Å²) in [6, 6.07) is 8.54. The summed E-state index contributed by atoms with van der Waals surface area (Å²) in [4.78, 5) is 26.4. The summed E-state index contributed by atoms with van der Waals surface area (Å²) in [5.41, 5.74) is 0. The van der Waals surface area contributed by atoms with Crippen molar-refractivity contribution in [2.24, 2.45) is 11.8 Å². The monoisotopic (exact) mass is 1360 g/mol. The van der Waals surface area contributed by atoms with Gasteiger partial charge < -0.3 is 20.0 Å². The number of nitrogens with zero attached hydrogens (tertiary/aromatic N) is 10. The number of hydrogen-bond donors (Lipinski definition) is 1. The predicted molar refractivity (Wildman–Crippen MR) is 432 cm³/mol. The molecule has 0 aromatic carbocycles. The third-order valence-corrected chi connectivity index (χ3v) is 23.8. The van der Waals surface area contributed by atoms with Gasteiger partial charge in [-0.25, -0.2) is 0 Å². The largest absolute Gasteiger partial charge is 0.309 e. The van der Waals surface area contributed by atoms with Crippen LogP contribution in [0.2, 0.25) is 0 Å². The van der Waals surface area contributed by atoms with Crippen molar-refractivity contribution in [3.63, 3.8) is 0 Å². The van der Waals surface area contributed by atoms with E-state index in [4.69, 9.17) is 0 Å². The standard InChI is InChI=1S/C17H35N.C15H32N2.2C14H30N2.C13H28N2.C12H26N2/c1-5-8-10-15(11-9-6-2)16-12-13-18(4)17(7-3)14-16;1-4-7-9-15(10-8-5-2)17-13-11-16(6-3)12-14-17;1-6-8-14(9-7-2)16-10-12(3)15(5)13(4)11-16;1-5-7-14(8-6-2)16-11-9-15(10-12-16)13(3)4;1-5-7-13(8-6-2)15-9-11(3)14-12(4)10-15;1-4-6-12(7-5-2)14-10-8-13(3)9-11-14/h15-17H,5-14H2,1-4H3;15H,4-14H2,1-3H3;12-14H,6-11H2,1-5H3;13-14H,5-12H2,1-4H3;11-14H,5-10H2,1-4H3;12H,4-11H2,1-3H3. The zero-order valence-corrected chi connectivity index (χ0v) is 70.1. The highest BCUT2D eigenvalue weighted by atomic mass is 15.3. The van der Waals surface area contributed by atoms with Crippen LogP contribution in [0, 0.1) is 11.8 Å². The van der Waals surface area contributed by atoms with Crippen molar-refractivity contribution in [3.05, 3.63) is 0 Å². The fourth-order valence-electron chi connectivity index (χ4n) is 17.4. The average Bonchev–Trinajstić information content (AvgIpc) is 1.13. The van der Waals surface area contributed by atoms with Gasteiger partial charge in [0.15, 0.2) is 0 Å². The van der Waals surface area contributed by atoms with Gasteiger partial charge in [-0.05, 0) is 171 Å². The molecule has 0 aliphatic carbocycles. The second-order valence-corrected chi connectivity index (χ2v) is 32.4. The van der Waals surface area contributed by atoms with E-state index in [0.717, 1.165) is 54.1 Å². The highest BCUT2D eigenvalue weighted by molar-refractivity contribution is 4.89. The van der Waals surface area contributed by atoms with Crippen LogP contribution in [0.4, 0.5) is 0 Å². The molecule has 0 saturated carbocycles. The quantitative estimate of drug-likeness (QED) is 0.0647. The summed E-state index contributed by atoms with van der Waals surface area (Å²) in [5, 5.41) is 3.61. The molecule has 1 N–H and O–H groups in total. The topological polar surface area (TPSA) is 44.4 Å². The number of likely N-dealkylation sites (N-methyl/N-ethyl adjacent to an activating group) is 3. The summed E-state index contributed by atoms with van der Waals surface area (Å²) in [5.74, 6) is 2.04. The van der Waals surface area contributed by atoms with E-state index < -0.39 is 0 Å². The van der Waals surface area contributed by atoms with Gasteiger partial charge in [0.1, 0.15) is 0 Å². The Kier molecular flexibility index (Phi) is 57.4. The minimum Gasteiger partial charge on any atom is -0.309 e. The highest BCUT2D eigenvalue weighted by Gasteiger charge is 2.33. The molecule has 11 heteroatoms. The summed E-state index contributed by atoms with van der Waals surface area (Å²) in [7, 11) is 6.81. The Hall–Kier alpha value is -0.440. The van der Waals surface area contributed by atoms with Gasteiger partial charge in [0.2, 0.25) is 0 Å². The SMILES string of the molecule is CCCC(CCC)N1CC(C)N(C)C(C)C1.CCCC(CCC)N1CC(C)NC(C)C1.CCCC(CCC)N1CCN(C(C)C)CC1.CCCC(CCC)N1CCN(C)CC1.CCCCC(CCCC)C1CCN(C)C(CC)C1.CCCCC(CCCC)N1CCN(CC)CC1. The van der Waals surface area contributed by atoms with Gasteiger partial charge in [0.05, 0.1) is 0 Å². The lowest BCUT2D eigenvalue weighted by atomic mass is 9.76. The van der Waals surface area contributed by atoms with E-state index in [1.54, 1.807) is 0 Å². The Morgan fingerprint density at radius 3 is 1.01 bits per heavy atom. The van der Waals surface area contributed by atoms with E-state index in [1.165, 1.54) is 317 Å². The van der Waals surface area contributed by atoms with E-state index in [1.807, 2.05) is 0 Å². The van der Waals surface area contributed by atoms with Gasteiger partial charge in [0, 0.05) is 171 Å². The first-order chi connectivity index (χ1) is 46.3. The third kappa shape index (κ3) is 39.4. The van der Waals surface area contributed by atoms with Crippen molar-refractivity contribution < 1.29 is 0 Å². The van der Waals surface area contributed by atoms with Gasteiger partial charge in [0.25, 0.3) is 0 Å². The molecule has 6 rings (SSSR count). The van der Waals surface area contributed by atoms with E-state index >= 15 is 0 Å². The van der Waals surface area contributed by atoms with Crippen LogP contribution >= 0.6 is 0 Å². The van der Waals surface area contributed by atoms with Crippen LogP contribution in [0.15, 0.2) is 0 Å². The van der Waals surface area contributed by atoms with Gasteiger partial charge >= 0.3 is 0 Å². The van der Waals surface area contributed by atoms with Crippen molar-refractivity contribution in [1.82, 2.24) is 54.3 Å². The summed E-state index contributed by atoms with van der Waals surface area (Å²) in [6.45, 7) is 69.2. The van der Waals surface area contributed by atoms with E-state index in [9.17, 15) is 0 Å². The predicted octanol–water partition coefficient (Wildman–Crippen LogP) is 19.3. The normalized spacial score (nSPS) is 23.8. The minimum absolute atomic E-state index is 0.657. The first kappa shape index (κ1) is 93.6. The first-order valence-electron chi connectivity index (χ1n) is 43.3. The number of piperidine rings is 1. The molecule has 6 atom stereocenters. The zero-order chi connectivity index (χ0) is 71.6. The second-order valence-electron chi connectivity index (χ2n) is 32.4. The summed E-state index contributed by atoms with van der Waals surface area (Å²) < 4.78 is 0. The second kappa shape index (κ2) is 58.9. The lowest BCUT2D eigenvalue weighted by Crippen LogP contribution is -2.57. The molecule has 96 heavy (non-hydrogen) atoms. The molecule has 0 aromatic heterocycles. The lowest BCUT2D eigenvalue weighted by molar-refractivity contribution is 0.0284. The summed E-state index contributed by atoms with van der Waals surface area (Å²) >= 11 is 0. The molecule has 11 nitrogen and oxygen atoms in total. The van der Waals surface area contributed by atoms with Crippen molar-refractivity contribution >= 4 is 0 Å². The smallest absolute Gasteiger partial charge is 0.0195 e. The van der Waals surface area contributed by atoms with E-state index in [2.05, 4.69) is 214 Å². The fraction of sp³-hybridized carbons (Fsp3) is 1.00. The van der Waals surface area contributed by atoms with Crippen LogP contribution in [-0.4, -0.2) is 254 Å². The molecule has 6 aliphatic heterocycles. The molecule has 0 aromatic rings. The number of nitrogens with one attached hydrogen (secondary N) is 1. The molecule has 6 aliphatic rings. The number of rotatable bonds is 37. The average molecular weight is 1360 g/mol. The number of hydrogen-bond acceptors (Lipinski definition) is 11. The van der Waals surface area contributed by atoms with Crippen LogP contribution < -0.4 is 5.32 Å². The Morgan fingerprint density at radius 1 is 0.344 bits per heavy atom. The Bertz CT molecular complexity index is 1600. The minimum atomic E-state index is 0.657. The van der Waals surface area contributed by atoms with Crippen molar-refractivity contribution in [2.75, 3.05) is 139 Å². The van der Waals surface area contributed by atoms with Crippen LogP contribution in [0.5, 0.6) is 0 Å². The molecule has 0 radical (unpaired) electrons. The van der Waals surface area contributed by atoms with Crippen LogP contribution in [0.25, 0.3) is 0 Å². The van der Waals surface area contributed by atoms with E-state index in [-0.39, 0.29) is 0 Å². The van der Waals surface area contributed by atoms with Crippen molar-refractivity contribution in [1.29, 1.82) is 0 Å². The van der Waals surface area contributed by atoms with Gasteiger partial charge in [-0.15, -0.1) is 0 Å². The molecule has 6 fully saturated rings. The van der Waals surface area contributed by atoms with Crippen molar-refractivity contribution in [2.45, 2.75) is 404 Å². The van der Waals surface area contributed by atoms with Crippen LogP contribution in [0.1, 0.15) is 338 Å². The number of likely N-dealkylation sites (tertiary alicyclic amines) is 1. The molecular weight excluding hydrogens is 1180 g/mol. The Balaban J connectivity index is 0.000000577. The van der Waals surface area contributed by atoms with Gasteiger partial charge in [-0.2, -0.15) is 0 Å². The van der Waals surface area contributed by atoms with Gasteiger partial charge in [-0.1, -0.05) is 213 Å². The van der Waals surface area contributed by atoms with Crippen LogP contribution in [-0.2, 0) is 0 Å². The maximum Gasteiger partial charge on any atom is 0.0195 e. The molecule has 0 bridgehead atoms. The molecule has 0 spiro atoms. The van der Waals surface area contributed by atoms with E-state index in [0.29, 0.717) is 24.2 Å². The maximum absolute atomic E-state index is 3.61. The number of unbranched alkanes of at least 4 members (excludes halogenated alkanes) is 4. The van der Waals surface area contributed by atoms with Crippen LogP contribution in [0.3, 0.4) is 0 Å². The molecular formula is C85H181N11. The number of piperazine rings is 5. The third-order valence-electron chi connectivity index (χ3n) is 23.8. The lowest BCUT2D eigenvalue weighted by Gasteiger charge is -2.45. The Labute approximate surface area is 606 Å². The maximum atomic E-state index is 3.61. The Morgan fingerprint density at radius 2 is 0.667 bits per heavy atom. The molecule has 6 heterocycles. The zero-order valence-electron chi connectivity index (χ0n) is 70.1. The molecule has 0 amide bonds. The molecule has 576 valence electrons. The van der Waals surface area contributed by atoms with Crippen molar-refractivity contribution in [3.8, 4) is 0 Å². The summed E-state index contributed by atoms with van der Waals surface area (Å²) in [6.07, 6.45) is 42.8. The highest BCUT2D eigenvalue weighted by Crippen LogP contribution is 2.35. The molecule has 6 unspecified atom stereocenters. The van der Waals surface area contributed by atoms with Gasteiger partial charge in [-0.3, -0.25) is 34.3 Å². The fourth-order valence-corrected chi connectivity index (χ4v) is 17.4.